The van der Waals surface area contributed by atoms with Gasteiger partial charge in [0.15, 0.2) is 0 Å². The fourth-order valence-electron chi connectivity index (χ4n) is 1.47. The minimum atomic E-state index is -0.187. The molecule has 1 atom stereocenters. The van der Waals surface area contributed by atoms with Crippen molar-refractivity contribution in [2.75, 3.05) is 0 Å². The molecule has 0 fully saturated rings. The van der Waals surface area contributed by atoms with E-state index in [0.717, 1.165) is 5.56 Å². The van der Waals surface area contributed by atoms with Crippen molar-refractivity contribution in [2.45, 2.75) is 13.0 Å². The van der Waals surface area contributed by atoms with Gasteiger partial charge in [-0.15, -0.1) is 0 Å². The topological polar surface area (TPSA) is 55.4 Å². The smallest absolute Gasteiger partial charge is 0.277 e. The lowest BCUT2D eigenvalue weighted by molar-refractivity contribution is 0.101. The summed E-state index contributed by atoms with van der Waals surface area (Å²) in [6.45, 7) is 1.83. The molecule has 3 heteroatoms. The highest BCUT2D eigenvalue weighted by molar-refractivity contribution is 6.22. The van der Waals surface area contributed by atoms with Gasteiger partial charge >= 0.3 is 0 Å². The number of hydrogen-bond acceptors (Lipinski definition) is 2. The van der Waals surface area contributed by atoms with Gasteiger partial charge in [0.25, 0.3) is 5.91 Å². The van der Waals surface area contributed by atoms with Gasteiger partial charge in [-0.25, -0.2) is 4.99 Å². The first-order valence-electron chi connectivity index (χ1n) is 4.18. The Bertz CT molecular complexity index is 394. The molecule has 1 aliphatic heterocycles. The number of hydrogen-bond donors (Lipinski definition) is 1. The Hall–Kier alpha value is -1.48. The summed E-state index contributed by atoms with van der Waals surface area (Å²) in [5, 5.41) is 0. The average molecular weight is 174 g/mol. The molecule has 2 N–H and O–H groups in total. The molecular formula is C10H10N2O. The third-order valence-corrected chi connectivity index (χ3v) is 2.09. The highest BCUT2D eigenvalue weighted by Crippen LogP contribution is 2.19. The van der Waals surface area contributed by atoms with Crippen LogP contribution >= 0.6 is 0 Å². The standard InChI is InChI=1S/C10H10N2O/c1-6(11)9-7-4-2-3-5-8(7)10(13)12-9/h2-6H,11H2,1H3. The molecule has 0 aromatic heterocycles. The number of carbonyl (C=O) groups excluding carboxylic acids is 1. The number of nitrogens with zero attached hydrogens (tertiary/aromatic N) is 1. The highest BCUT2D eigenvalue weighted by Gasteiger charge is 2.23. The lowest BCUT2D eigenvalue weighted by Crippen LogP contribution is -2.26. The first-order valence-corrected chi connectivity index (χ1v) is 4.18. The van der Waals surface area contributed by atoms with E-state index in [1.165, 1.54) is 0 Å². The molecule has 1 unspecified atom stereocenters. The van der Waals surface area contributed by atoms with Crippen LogP contribution in [-0.2, 0) is 0 Å². The summed E-state index contributed by atoms with van der Waals surface area (Å²) in [6, 6.07) is 7.18. The average Bonchev–Trinajstić information content (AvgIpc) is 2.45. The summed E-state index contributed by atoms with van der Waals surface area (Å²) in [4.78, 5) is 15.2. The molecule has 0 bridgehead atoms. The number of rotatable bonds is 1. The number of aliphatic imine (C=N–C) groups is 1. The van der Waals surface area contributed by atoms with E-state index in [9.17, 15) is 4.79 Å². The first kappa shape index (κ1) is 8.13. The Morgan fingerprint density at radius 3 is 2.54 bits per heavy atom. The molecule has 0 saturated heterocycles. The molecule has 0 aliphatic carbocycles. The Morgan fingerprint density at radius 1 is 1.31 bits per heavy atom. The van der Waals surface area contributed by atoms with E-state index in [0.29, 0.717) is 11.3 Å². The summed E-state index contributed by atoms with van der Waals surface area (Å²) in [5.41, 5.74) is 7.93. The lowest BCUT2D eigenvalue weighted by atomic mass is 10.0. The van der Waals surface area contributed by atoms with Gasteiger partial charge < -0.3 is 5.73 Å². The molecule has 2 rings (SSSR count). The molecule has 0 spiro atoms. The molecule has 1 amide bonds. The minimum Gasteiger partial charge on any atom is -0.323 e. The van der Waals surface area contributed by atoms with Gasteiger partial charge in [-0.1, -0.05) is 18.2 Å². The van der Waals surface area contributed by atoms with Crippen LogP contribution in [0.4, 0.5) is 0 Å². The third-order valence-electron chi connectivity index (χ3n) is 2.09. The van der Waals surface area contributed by atoms with Crippen molar-refractivity contribution in [1.29, 1.82) is 0 Å². The van der Waals surface area contributed by atoms with Crippen LogP contribution in [-0.4, -0.2) is 17.7 Å². The van der Waals surface area contributed by atoms with Gasteiger partial charge in [0.05, 0.1) is 11.3 Å². The van der Waals surface area contributed by atoms with E-state index in [2.05, 4.69) is 4.99 Å². The van der Waals surface area contributed by atoms with Crippen LogP contribution in [0, 0.1) is 0 Å². The lowest BCUT2D eigenvalue weighted by Gasteiger charge is -2.04. The van der Waals surface area contributed by atoms with E-state index in [1.54, 1.807) is 6.07 Å². The molecule has 13 heavy (non-hydrogen) atoms. The SMILES string of the molecule is CC(N)C1=NC(=O)c2ccccc21. The van der Waals surface area contributed by atoms with Crippen molar-refractivity contribution in [3.05, 3.63) is 35.4 Å². The Morgan fingerprint density at radius 2 is 1.92 bits per heavy atom. The number of carbonyl (C=O) groups is 1. The Kier molecular flexibility index (Phi) is 1.74. The monoisotopic (exact) mass is 174 g/mol. The van der Waals surface area contributed by atoms with Gasteiger partial charge in [-0.2, -0.15) is 0 Å². The van der Waals surface area contributed by atoms with Crippen LogP contribution in [0.3, 0.4) is 0 Å². The van der Waals surface area contributed by atoms with Crippen LogP contribution in [0.25, 0.3) is 0 Å². The summed E-state index contributed by atoms with van der Waals surface area (Å²) in [6.07, 6.45) is 0. The molecule has 0 radical (unpaired) electrons. The van der Waals surface area contributed by atoms with E-state index in [1.807, 2.05) is 25.1 Å². The van der Waals surface area contributed by atoms with Crippen LogP contribution in [0.5, 0.6) is 0 Å². The number of fused-ring (bicyclic) bond motifs is 1. The second-order valence-corrected chi connectivity index (χ2v) is 3.14. The normalized spacial score (nSPS) is 16.8. The maximum Gasteiger partial charge on any atom is 0.277 e. The summed E-state index contributed by atoms with van der Waals surface area (Å²) in [5.74, 6) is -0.178. The maximum absolute atomic E-state index is 11.3. The quantitative estimate of drug-likeness (QED) is 0.689. The number of nitrogens with two attached hydrogens (primary N) is 1. The Labute approximate surface area is 76.3 Å². The fourth-order valence-corrected chi connectivity index (χ4v) is 1.47. The van der Waals surface area contributed by atoms with Crippen molar-refractivity contribution < 1.29 is 4.79 Å². The van der Waals surface area contributed by atoms with Crippen molar-refractivity contribution in [2.24, 2.45) is 10.7 Å². The maximum atomic E-state index is 11.3. The van der Waals surface area contributed by atoms with Gasteiger partial charge in [-0.3, -0.25) is 4.79 Å². The van der Waals surface area contributed by atoms with Crippen LogP contribution in [0.1, 0.15) is 22.8 Å². The fraction of sp³-hybridized carbons (Fsp3) is 0.200. The zero-order valence-electron chi connectivity index (χ0n) is 7.32. The predicted octanol–water partition coefficient (Wildman–Crippen LogP) is 0.977. The predicted molar refractivity (Wildman–Crippen MR) is 51.0 cm³/mol. The van der Waals surface area contributed by atoms with E-state index >= 15 is 0 Å². The van der Waals surface area contributed by atoms with Crippen molar-refractivity contribution in [3.8, 4) is 0 Å². The zero-order valence-corrected chi connectivity index (χ0v) is 7.32. The molecule has 1 aromatic carbocycles. The number of benzene rings is 1. The largest absolute Gasteiger partial charge is 0.323 e. The molecule has 1 aliphatic rings. The summed E-state index contributed by atoms with van der Waals surface area (Å²) >= 11 is 0. The molecule has 0 saturated carbocycles. The second kappa shape index (κ2) is 2.78. The summed E-state index contributed by atoms with van der Waals surface area (Å²) < 4.78 is 0. The minimum absolute atomic E-state index is 0.178. The molecular weight excluding hydrogens is 164 g/mol. The number of amides is 1. The van der Waals surface area contributed by atoms with E-state index in [4.69, 9.17) is 5.73 Å². The van der Waals surface area contributed by atoms with Gasteiger partial charge in [0, 0.05) is 11.6 Å². The Balaban J connectivity index is 2.58. The van der Waals surface area contributed by atoms with Gasteiger partial charge in [-0.05, 0) is 13.0 Å². The van der Waals surface area contributed by atoms with Crippen molar-refractivity contribution in [1.82, 2.24) is 0 Å². The molecule has 1 heterocycles. The second-order valence-electron chi connectivity index (χ2n) is 3.14. The molecule has 1 aromatic rings. The first-order chi connectivity index (χ1) is 6.20. The molecule has 66 valence electrons. The van der Waals surface area contributed by atoms with Crippen LogP contribution < -0.4 is 5.73 Å². The zero-order chi connectivity index (χ0) is 9.42. The summed E-state index contributed by atoms with van der Waals surface area (Å²) in [7, 11) is 0. The van der Waals surface area contributed by atoms with E-state index < -0.39 is 0 Å². The van der Waals surface area contributed by atoms with Crippen LogP contribution in [0.2, 0.25) is 0 Å². The van der Waals surface area contributed by atoms with Gasteiger partial charge in [0.2, 0.25) is 0 Å². The van der Waals surface area contributed by atoms with Crippen LogP contribution in [0.15, 0.2) is 29.3 Å². The van der Waals surface area contributed by atoms with Crippen molar-refractivity contribution >= 4 is 11.6 Å². The van der Waals surface area contributed by atoms with Crippen molar-refractivity contribution in [3.63, 3.8) is 0 Å². The highest BCUT2D eigenvalue weighted by atomic mass is 16.1. The van der Waals surface area contributed by atoms with Gasteiger partial charge in [0.1, 0.15) is 0 Å². The molecule has 3 nitrogen and oxygen atoms in total. The third kappa shape index (κ3) is 1.17. The van der Waals surface area contributed by atoms with E-state index in [-0.39, 0.29) is 11.9 Å².